The van der Waals surface area contributed by atoms with E-state index in [1.807, 2.05) is 32.0 Å². The monoisotopic (exact) mass is 257 g/mol. The quantitative estimate of drug-likeness (QED) is 0.876. The molecule has 100 valence electrons. The van der Waals surface area contributed by atoms with Crippen LogP contribution >= 0.6 is 0 Å². The molecule has 1 aliphatic heterocycles. The number of nitrogens with zero attached hydrogens (tertiary/aromatic N) is 2. The van der Waals surface area contributed by atoms with Gasteiger partial charge < -0.3 is 5.32 Å². The molecule has 0 aromatic heterocycles. The van der Waals surface area contributed by atoms with E-state index >= 15 is 0 Å². The van der Waals surface area contributed by atoms with Gasteiger partial charge in [0.1, 0.15) is 0 Å². The third-order valence-electron chi connectivity index (χ3n) is 3.91. The molecule has 4 heteroatoms. The Kier molecular flexibility index (Phi) is 3.87. The number of rotatable bonds is 2. The predicted octanol–water partition coefficient (Wildman–Crippen LogP) is 1.66. The highest BCUT2D eigenvalue weighted by atomic mass is 16.2. The number of hydrogen-bond donors (Lipinski definition) is 1. The van der Waals surface area contributed by atoms with E-state index < -0.39 is 0 Å². The summed E-state index contributed by atoms with van der Waals surface area (Å²) in [5.74, 6) is 0.0713. The lowest BCUT2D eigenvalue weighted by Crippen LogP contribution is -2.62. The second-order valence-corrected chi connectivity index (χ2v) is 5.20. The molecule has 0 unspecified atom stereocenters. The van der Waals surface area contributed by atoms with Crippen LogP contribution in [0, 0.1) is 11.3 Å². The van der Waals surface area contributed by atoms with Crippen LogP contribution < -0.4 is 5.32 Å². The van der Waals surface area contributed by atoms with Gasteiger partial charge in [0.15, 0.2) is 0 Å². The molecule has 0 radical (unpaired) electrons. The molecule has 1 heterocycles. The smallest absolute Gasteiger partial charge is 0.237 e. The highest BCUT2D eigenvalue weighted by Gasteiger charge is 2.34. The first-order valence-electron chi connectivity index (χ1n) is 6.58. The van der Waals surface area contributed by atoms with Gasteiger partial charge in [-0.05, 0) is 38.5 Å². The summed E-state index contributed by atoms with van der Waals surface area (Å²) in [6.45, 7) is 6.75. The molecule has 0 aliphatic carbocycles. The van der Waals surface area contributed by atoms with E-state index in [9.17, 15) is 4.79 Å². The van der Waals surface area contributed by atoms with Crippen molar-refractivity contribution in [1.82, 2.24) is 10.2 Å². The third kappa shape index (κ3) is 2.77. The van der Waals surface area contributed by atoms with E-state index in [1.54, 1.807) is 6.07 Å². The molecule has 1 amide bonds. The zero-order valence-electron chi connectivity index (χ0n) is 11.6. The van der Waals surface area contributed by atoms with E-state index in [0.717, 1.165) is 5.56 Å². The van der Waals surface area contributed by atoms with Crippen molar-refractivity contribution in [2.75, 3.05) is 0 Å². The zero-order valence-corrected chi connectivity index (χ0v) is 11.6. The zero-order chi connectivity index (χ0) is 14.0. The number of nitrogens with one attached hydrogen (secondary N) is 1. The minimum atomic E-state index is -0.142. The maximum absolute atomic E-state index is 11.9. The summed E-state index contributed by atoms with van der Waals surface area (Å²) in [5, 5.41) is 11.9. The summed E-state index contributed by atoms with van der Waals surface area (Å²) < 4.78 is 0. The lowest BCUT2D eigenvalue weighted by Gasteiger charge is -2.42. The van der Waals surface area contributed by atoms with Gasteiger partial charge in [-0.3, -0.25) is 9.69 Å². The van der Waals surface area contributed by atoms with E-state index in [4.69, 9.17) is 5.26 Å². The van der Waals surface area contributed by atoms with Crippen molar-refractivity contribution in [3.05, 3.63) is 35.4 Å². The molecule has 1 saturated heterocycles. The summed E-state index contributed by atoms with van der Waals surface area (Å²) in [5.41, 5.74) is 1.73. The van der Waals surface area contributed by atoms with Crippen molar-refractivity contribution in [3.63, 3.8) is 0 Å². The van der Waals surface area contributed by atoms with Gasteiger partial charge in [0.2, 0.25) is 5.91 Å². The van der Waals surface area contributed by atoms with Crippen molar-refractivity contribution in [2.24, 2.45) is 0 Å². The molecule has 19 heavy (non-hydrogen) atoms. The fraction of sp³-hybridized carbons (Fsp3) is 0.467. The Morgan fingerprint density at radius 1 is 1.37 bits per heavy atom. The van der Waals surface area contributed by atoms with E-state index in [1.165, 1.54) is 0 Å². The van der Waals surface area contributed by atoms with Gasteiger partial charge in [-0.2, -0.15) is 5.26 Å². The van der Waals surface area contributed by atoms with Crippen molar-refractivity contribution in [1.29, 1.82) is 5.26 Å². The Bertz CT molecular complexity index is 520. The molecule has 0 bridgehead atoms. The van der Waals surface area contributed by atoms with E-state index in [-0.39, 0.29) is 24.0 Å². The van der Waals surface area contributed by atoms with Gasteiger partial charge in [0.05, 0.1) is 17.7 Å². The number of nitriles is 1. The minimum absolute atomic E-state index is 0.0713. The lowest BCUT2D eigenvalue weighted by molar-refractivity contribution is -0.132. The average Bonchev–Trinajstić information content (AvgIpc) is 2.41. The Balaban J connectivity index is 2.20. The highest BCUT2D eigenvalue weighted by Crippen LogP contribution is 2.19. The topological polar surface area (TPSA) is 56.1 Å². The SMILES string of the molecule is C[C@@H]1NC(=O)[C@H](C)N(Cc2cccc(C#N)c2)[C@H]1C. The van der Waals surface area contributed by atoms with Crippen LogP contribution in [0.2, 0.25) is 0 Å². The first-order valence-corrected chi connectivity index (χ1v) is 6.58. The molecule has 1 aromatic rings. The molecular formula is C15H19N3O. The van der Waals surface area contributed by atoms with Crippen LogP contribution in [0.1, 0.15) is 31.9 Å². The van der Waals surface area contributed by atoms with Crippen LogP contribution in [0.3, 0.4) is 0 Å². The van der Waals surface area contributed by atoms with Crippen LogP contribution in [0.15, 0.2) is 24.3 Å². The Hall–Kier alpha value is -1.86. The van der Waals surface area contributed by atoms with E-state index in [0.29, 0.717) is 12.1 Å². The van der Waals surface area contributed by atoms with Crippen molar-refractivity contribution >= 4 is 5.91 Å². The normalized spacial score (nSPS) is 27.7. The minimum Gasteiger partial charge on any atom is -0.351 e. The standard InChI is InChI=1S/C15H19N3O/c1-10-11(2)18(12(3)15(19)17-10)9-14-6-4-5-13(7-14)8-16/h4-7,10-12H,9H2,1-3H3,(H,17,19)/t10-,11-,12-/m0/s1. The number of piperazine rings is 1. The summed E-state index contributed by atoms with van der Waals surface area (Å²) >= 11 is 0. The van der Waals surface area contributed by atoms with Crippen LogP contribution in [0.4, 0.5) is 0 Å². The fourth-order valence-electron chi connectivity index (χ4n) is 2.49. The number of amides is 1. The lowest BCUT2D eigenvalue weighted by atomic mass is 10.0. The molecule has 0 spiro atoms. The van der Waals surface area contributed by atoms with Crippen molar-refractivity contribution < 1.29 is 4.79 Å². The van der Waals surface area contributed by atoms with Gasteiger partial charge >= 0.3 is 0 Å². The van der Waals surface area contributed by atoms with Crippen molar-refractivity contribution in [3.8, 4) is 6.07 Å². The van der Waals surface area contributed by atoms with Gasteiger partial charge in [-0.15, -0.1) is 0 Å². The molecule has 1 aromatic carbocycles. The first kappa shape index (κ1) is 13.6. The number of carbonyl (C=O) groups excluding carboxylic acids is 1. The van der Waals surface area contributed by atoms with Crippen molar-refractivity contribution in [2.45, 2.75) is 45.4 Å². The molecule has 1 fully saturated rings. The van der Waals surface area contributed by atoms with E-state index in [2.05, 4.69) is 23.2 Å². The van der Waals surface area contributed by atoms with Crippen LogP contribution in [0.25, 0.3) is 0 Å². The molecule has 2 rings (SSSR count). The molecular weight excluding hydrogens is 238 g/mol. The Morgan fingerprint density at radius 3 is 2.79 bits per heavy atom. The third-order valence-corrected chi connectivity index (χ3v) is 3.91. The largest absolute Gasteiger partial charge is 0.351 e. The van der Waals surface area contributed by atoms with Crippen LogP contribution in [-0.4, -0.2) is 28.9 Å². The number of carbonyl (C=O) groups is 1. The second kappa shape index (κ2) is 5.41. The molecule has 4 nitrogen and oxygen atoms in total. The first-order chi connectivity index (χ1) is 9.02. The summed E-state index contributed by atoms with van der Waals surface area (Å²) in [6.07, 6.45) is 0. The Labute approximate surface area is 114 Å². The molecule has 1 N–H and O–H groups in total. The molecule has 0 saturated carbocycles. The van der Waals surface area contributed by atoms with Crippen LogP contribution in [-0.2, 0) is 11.3 Å². The van der Waals surface area contributed by atoms with Crippen LogP contribution in [0.5, 0.6) is 0 Å². The van der Waals surface area contributed by atoms with Gasteiger partial charge in [0.25, 0.3) is 0 Å². The second-order valence-electron chi connectivity index (χ2n) is 5.20. The Morgan fingerprint density at radius 2 is 2.11 bits per heavy atom. The highest BCUT2D eigenvalue weighted by molar-refractivity contribution is 5.82. The summed E-state index contributed by atoms with van der Waals surface area (Å²) in [7, 11) is 0. The van der Waals surface area contributed by atoms with Gasteiger partial charge in [-0.1, -0.05) is 12.1 Å². The van der Waals surface area contributed by atoms with Gasteiger partial charge in [0, 0.05) is 18.6 Å². The summed E-state index contributed by atoms with van der Waals surface area (Å²) in [6, 6.07) is 9.99. The fourth-order valence-corrected chi connectivity index (χ4v) is 2.49. The number of hydrogen-bond acceptors (Lipinski definition) is 3. The summed E-state index contributed by atoms with van der Waals surface area (Å²) in [4.78, 5) is 14.0. The predicted molar refractivity (Wildman–Crippen MR) is 73.2 cm³/mol. The maximum atomic E-state index is 11.9. The molecule has 3 atom stereocenters. The van der Waals surface area contributed by atoms with Gasteiger partial charge in [-0.25, -0.2) is 0 Å². The maximum Gasteiger partial charge on any atom is 0.237 e. The molecule has 1 aliphatic rings. The number of benzene rings is 1. The average molecular weight is 257 g/mol.